The molecule has 1 fully saturated rings. The molecule has 9 nitrogen and oxygen atoms in total. The highest BCUT2D eigenvalue weighted by molar-refractivity contribution is 5.78. The first-order chi connectivity index (χ1) is 15.0. The quantitative estimate of drug-likeness (QED) is 0.476. The molecule has 1 saturated heterocycles. The molecule has 0 bridgehead atoms. The van der Waals surface area contributed by atoms with Gasteiger partial charge in [0.05, 0.1) is 27.3 Å². The molecule has 0 saturated carbocycles. The molecule has 0 aromatic heterocycles. The number of carbonyl (C=O) groups excluding carboxylic acids is 2. The Kier molecular flexibility index (Phi) is 10.6. The second-order valence-corrected chi connectivity index (χ2v) is 7.65. The molecular weight excluding hydrogens is 400 g/mol. The summed E-state index contributed by atoms with van der Waals surface area (Å²) >= 11 is 0. The summed E-state index contributed by atoms with van der Waals surface area (Å²) in [6, 6.07) is 5.66. The molecule has 0 radical (unpaired) electrons. The van der Waals surface area contributed by atoms with E-state index in [0.717, 1.165) is 38.2 Å². The van der Waals surface area contributed by atoms with Gasteiger partial charge in [-0.1, -0.05) is 12.1 Å². The van der Waals surface area contributed by atoms with Gasteiger partial charge in [-0.15, -0.1) is 0 Å². The molecule has 1 aliphatic rings. The van der Waals surface area contributed by atoms with Crippen molar-refractivity contribution < 1.29 is 23.8 Å². The Bertz CT molecular complexity index is 707. The molecule has 1 N–H and O–H groups in total. The molecule has 2 amide bonds. The van der Waals surface area contributed by atoms with Gasteiger partial charge in [0.1, 0.15) is 0 Å². The summed E-state index contributed by atoms with van der Waals surface area (Å²) in [5.41, 5.74) is 0.902. The van der Waals surface area contributed by atoms with Crippen molar-refractivity contribution in [1.29, 1.82) is 0 Å². The maximum absolute atomic E-state index is 12.7. The van der Waals surface area contributed by atoms with Crippen LogP contribution in [0.2, 0.25) is 0 Å². The van der Waals surface area contributed by atoms with E-state index >= 15 is 0 Å². The average molecular weight is 437 g/mol. The van der Waals surface area contributed by atoms with Crippen molar-refractivity contribution in [2.75, 3.05) is 80.8 Å². The highest BCUT2D eigenvalue weighted by Crippen LogP contribution is 2.31. The fraction of sp³-hybridized carbons (Fsp3) is 0.636. The number of piperazine rings is 1. The van der Waals surface area contributed by atoms with E-state index in [1.165, 1.54) is 0 Å². The summed E-state index contributed by atoms with van der Waals surface area (Å²) in [6.45, 7) is 5.54. The second-order valence-electron chi connectivity index (χ2n) is 7.65. The minimum absolute atomic E-state index is 0.0348. The molecule has 31 heavy (non-hydrogen) atoms. The number of ether oxygens (including phenoxy) is 3. The van der Waals surface area contributed by atoms with Crippen LogP contribution in [-0.2, 0) is 20.9 Å². The van der Waals surface area contributed by atoms with Crippen molar-refractivity contribution in [1.82, 2.24) is 20.0 Å². The van der Waals surface area contributed by atoms with Gasteiger partial charge in [0.25, 0.3) is 0 Å². The minimum atomic E-state index is 0.0348. The number of para-hydroxylation sites is 1. The van der Waals surface area contributed by atoms with Crippen LogP contribution in [0.25, 0.3) is 0 Å². The highest BCUT2D eigenvalue weighted by atomic mass is 16.5. The number of carbonyl (C=O) groups is 2. The highest BCUT2D eigenvalue weighted by Gasteiger charge is 2.22. The van der Waals surface area contributed by atoms with Crippen LogP contribution in [-0.4, -0.2) is 107 Å². The van der Waals surface area contributed by atoms with Gasteiger partial charge in [-0.2, -0.15) is 0 Å². The molecular formula is C22H36N4O5. The van der Waals surface area contributed by atoms with Gasteiger partial charge < -0.3 is 24.4 Å². The van der Waals surface area contributed by atoms with E-state index in [-0.39, 0.29) is 11.8 Å². The van der Waals surface area contributed by atoms with Crippen molar-refractivity contribution >= 4 is 11.8 Å². The van der Waals surface area contributed by atoms with Crippen molar-refractivity contribution in [2.45, 2.75) is 13.0 Å². The monoisotopic (exact) mass is 436 g/mol. The number of benzene rings is 1. The standard InChI is InChI=1S/C22H36N4O5/c1-24(15-18-7-5-8-19(30-3)22(18)31-4)21(28)17-26-12-10-25(11-13-26)16-20(27)23-9-6-14-29-2/h5,7-8H,6,9-17H2,1-4H3,(H,23,27). The smallest absolute Gasteiger partial charge is 0.236 e. The molecule has 0 unspecified atom stereocenters. The summed E-state index contributed by atoms with van der Waals surface area (Å²) in [5.74, 6) is 1.39. The Hall–Kier alpha value is -2.36. The van der Waals surface area contributed by atoms with Gasteiger partial charge in [-0.05, 0) is 12.5 Å². The second kappa shape index (κ2) is 13.1. The predicted molar refractivity (Wildman–Crippen MR) is 118 cm³/mol. The van der Waals surface area contributed by atoms with Crippen molar-refractivity contribution in [3.05, 3.63) is 23.8 Å². The minimum Gasteiger partial charge on any atom is -0.493 e. The number of hydrogen-bond donors (Lipinski definition) is 1. The predicted octanol–water partition coefficient (Wildman–Crippen LogP) is 0.433. The molecule has 0 aliphatic carbocycles. The van der Waals surface area contributed by atoms with E-state index in [1.807, 2.05) is 18.2 Å². The Labute approximate surface area is 185 Å². The lowest BCUT2D eigenvalue weighted by molar-refractivity contribution is -0.132. The number of methoxy groups -OCH3 is 3. The van der Waals surface area contributed by atoms with E-state index in [4.69, 9.17) is 14.2 Å². The number of rotatable bonds is 12. The van der Waals surface area contributed by atoms with Crippen LogP contribution in [0.15, 0.2) is 18.2 Å². The zero-order chi connectivity index (χ0) is 22.6. The number of likely N-dealkylation sites (N-methyl/N-ethyl adjacent to an activating group) is 1. The molecule has 0 spiro atoms. The van der Waals surface area contributed by atoms with E-state index < -0.39 is 0 Å². The van der Waals surface area contributed by atoms with Gasteiger partial charge in [0.2, 0.25) is 11.8 Å². The molecule has 1 heterocycles. The SMILES string of the molecule is COCCCNC(=O)CN1CCN(CC(=O)N(C)Cc2cccc(OC)c2OC)CC1. The van der Waals surface area contributed by atoms with Crippen molar-refractivity contribution in [3.8, 4) is 11.5 Å². The van der Waals surface area contributed by atoms with Crippen LogP contribution >= 0.6 is 0 Å². The number of amides is 2. The molecule has 174 valence electrons. The maximum atomic E-state index is 12.7. The zero-order valence-corrected chi connectivity index (χ0v) is 19.2. The van der Waals surface area contributed by atoms with Gasteiger partial charge >= 0.3 is 0 Å². The first kappa shape index (κ1) is 24.9. The largest absolute Gasteiger partial charge is 0.493 e. The average Bonchev–Trinajstić information content (AvgIpc) is 2.77. The Morgan fingerprint density at radius 2 is 1.71 bits per heavy atom. The Morgan fingerprint density at radius 3 is 2.32 bits per heavy atom. The summed E-state index contributed by atoms with van der Waals surface area (Å²) in [4.78, 5) is 30.7. The van der Waals surface area contributed by atoms with Crippen LogP contribution in [0.1, 0.15) is 12.0 Å². The number of hydrogen-bond acceptors (Lipinski definition) is 7. The summed E-state index contributed by atoms with van der Waals surface area (Å²) in [5, 5.41) is 2.91. The van der Waals surface area contributed by atoms with Crippen LogP contribution in [0.3, 0.4) is 0 Å². The molecule has 9 heteroatoms. The normalized spacial score (nSPS) is 14.8. The number of nitrogens with one attached hydrogen (secondary N) is 1. The molecule has 2 rings (SSSR count). The van der Waals surface area contributed by atoms with Gasteiger partial charge in [-0.25, -0.2) is 0 Å². The van der Waals surface area contributed by atoms with Gasteiger partial charge in [0.15, 0.2) is 11.5 Å². The van der Waals surface area contributed by atoms with E-state index in [9.17, 15) is 9.59 Å². The van der Waals surface area contributed by atoms with Gasteiger partial charge in [0, 0.05) is 65.6 Å². The fourth-order valence-corrected chi connectivity index (χ4v) is 3.54. The summed E-state index contributed by atoms with van der Waals surface area (Å²) in [6.07, 6.45) is 0.813. The van der Waals surface area contributed by atoms with Crippen molar-refractivity contribution in [2.24, 2.45) is 0 Å². The topological polar surface area (TPSA) is 83.6 Å². The first-order valence-corrected chi connectivity index (χ1v) is 10.6. The molecule has 1 aliphatic heterocycles. The maximum Gasteiger partial charge on any atom is 0.236 e. The van der Waals surface area contributed by atoms with E-state index in [1.54, 1.807) is 33.3 Å². The van der Waals surface area contributed by atoms with Crippen LogP contribution in [0.4, 0.5) is 0 Å². The fourth-order valence-electron chi connectivity index (χ4n) is 3.54. The third-order valence-electron chi connectivity index (χ3n) is 5.36. The molecule has 1 aromatic carbocycles. The lowest BCUT2D eigenvalue weighted by atomic mass is 10.1. The van der Waals surface area contributed by atoms with Gasteiger partial charge in [-0.3, -0.25) is 19.4 Å². The molecule has 0 atom stereocenters. The Morgan fingerprint density at radius 1 is 1.03 bits per heavy atom. The van der Waals surface area contributed by atoms with E-state index in [0.29, 0.717) is 44.3 Å². The summed E-state index contributed by atoms with van der Waals surface area (Å²) < 4.78 is 15.8. The van der Waals surface area contributed by atoms with Crippen LogP contribution < -0.4 is 14.8 Å². The van der Waals surface area contributed by atoms with Crippen LogP contribution in [0, 0.1) is 0 Å². The van der Waals surface area contributed by atoms with Crippen LogP contribution in [0.5, 0.6) is 11.5 Å². The zero-order valence-electron chi connectivity index (χ0n) is 19.2. The van der Waals surface area contributed by atoms with E-state index in [2.05, 4.69) is 15.1 Å². The first-order valence-electron chi connectivity index (χ1n) is 10.6. The number of nitrogens with zero attached hydrogens (tertiary/aromatic N) is 3. The lowest BCUT2D eigenvalue weighted by Gasteiger charge is -2.34. The third kappa shape index (κ3) is 8.01. The molecule has 1 aromatic rings. The Balaban J connectivity index is 1.74. The van der Waals surface area contributed by atoms with Crippen molar-refractivity contribution in [3.63, 3.8) is 0 Å². The third-order valence-corrected chi connectivity index (χ3v) is 5.36. The lowest BCUT2D eigenvalue weighted by Crippen LogP contribution is -2.51. The summed E-state index contributed by atoms with van der Waals surface area (Å²) in [7, 11) is 6.65.